The van der Waals surface area contributed by atoms with E-state index in [0.29, 0.717) is 11.9 Å². The zero-order valence-corrected chi connectivity index (χ0v) is 13.2. The van der Waals surface area contributed by atoms with Crippen molar-refractivity contribution in [1.29, 1.82) is 0 Å². The molecule has 0 aliphatic heterocycles. The van der Waals surface area contributed by atoms with E-state index in [-0.39, 0.29) is 0 Å². The molecule has 0 unspecified atom stereocenters. The molecule has 1 aliphatic carbocycles. The summed E-state index contributed by atoms with van der Waals surface area (Å²) in [7, 11) is 1.59. The number of ether oxygens (including phenoxy) is 1. The summed E-state index contributed by atoms with van der Waals surface area (Å²) in [6, 6.07) is 4.45. The lowest BCUT2D eigenvalue weighted by Gasteiger charge is -2.01. The third-order valence-electron chi connectivity index (χ3n) is 3.46. The molecular formula is C15H20N4OS. The van der Waals surface area contributed by atoms with Crippen molar-refractivity contribution in [2.75, 3.05) is 7.11 Å². The fraction of sp³-hybridized carbons (Fsp3) is 0.533. The molecule has 1 saturated carbocycles. The Labute approximate surface area is 128 Å². The Morgan fingerprint density at radius 2 is 2.19 bits per heavy atom. The van der Waals surface area contributed by atoms with Gasteiger partial charge in [-0.1, -0.05) is 13.3 Å². The minimum absolute atomic E-state index is 0.528. The maximum absolute atomic E-state index is 5.04. The Bertz CT molecular complexity index is 592. The second kappa shape index (κ2) is 6.49. The van der Waals surface area contributed by atoms with Crippen molar-refractivity contribution in [2.24, 2.45) is 0 Å². The molecule has 0 amide bonds. The molecule has 2 aromatic rings. The highest BCUT2D eigenvalue weighted by Crippen LogP contribution is 2.29. The van der Waals surface area contributed by atoms with Crippen molar-refractivity contribution >= 4 is 11.3 Å². The van der Waals surface area contributed by atoms with Gasteiger partial charge in [-0.2, -0.15) is 0 Å². The molecule has 2 aromatic heterocycles. The van der Waals surface area contributed by atoms with E-state index in [0.717, 1.165) is 30.1 Å². The molecule has 0 radical (unpaired) electrons. The molecular weight excluding hydrogens is 284 g/mol. The van der Waals surface area contributed by atoms with Crippen LogP contribution in [0.2, 0.25) is 0 Å². The Hall–Kier alpha value is -1.53. The number of hydrogen-bond acceptors (Lipinski definition) is 6. The van der Waals surface area contributed by atoms with E-state index < -0.39 is 0 Å². The second-order valence-corrected chi connectivity index (χ2v) is 6.34. The summed E-state index contributed by atoms with van der Waals surface area (Å²) in [5.41, 5.74) is 2.01. The molecule has 0 bridgehead atoms. The minimum atomic E-state index is 0.528. The van der Waals surface area contributed by atoms with Gasteiger partial charge in [0.15, 0.2) is 0 Å². The number of nitrogens with zero attached hydrogens (tertiary/aromatic N) is 3. The third-order valence-corrected chi connectivity index (χ3v) is 4.58. The summed E-state index contributed by atoms with van der Waals surface area (Å²) in [4.78, 5) is 6.09. The average Bonchev–Trinajstić information content (AvgIpc) is 3.27. The van der Waals surface area contributed by atoms with Gasteiger partial charge in [-0.25, -0.2) is 4.98 Å². The van der Waals surface area contributed by atoms with Crippen molar-refractivity contribution in [3.8, 4) is 16.6 Å². The lowest BCUT2D eigenvalue weighted by atomic mass is 10.2. The van der Waals surface area contributed by atoms with E-state index in [1.54, 1.807) is 18.4 Å². The van der Waals surface area contributed by atoms with Crippen LogP contribution >= 0.6 is 11.3 Å². The van der Waals surface area contributed by atoms with Gasteiger partial charge in [-0.15, -0.1) is 21.5 Å². The Kier molecular flexibility index (Phi) is 4.45. The maximum atomic E-state index is 5.04. The van der Waals surface area contributed by atoms with Crippen LogP contribution in [0.5, 0.6) is 5.88 Å². The molecule has 112 valence electrons. The zero-order chi connectivity index (χ0) is 14.7. The van der Waals surface area contributed by atoms with Gasteiger partial charge in [0.1, 0.15) is 10.7 Å². The van der Waals surface area contributed by atoms with E-state index in [1.807, 2.05) is 12.1 Å². The molecule has 0 saturated heterocycles. The second-order valence-electron chi connectivity index (χ2n) is 5.25. The summed E-state index contributed by atoms with van der Waals surface area (Å²) in [6.07, 6.45) is 4.73. The molecule has 2 heterocycles. The van der Waals surface area contributed by atoms with E-state index in [2.05, 4.69) is 22.4 Å². The fourth-order valence-electron chi connectivity index (χ4n) is 2.13. The lowest BCUT2D eigenvalue weighted by Crippen LogP contribution is -2.15. The molecule has 1 aliphatic rings. The molecule has 1 N–H and O–H groups in total. The number of aryl methyl sites for hydroxylation is 1. The highest BCUT2D eigenvalue weighted by Gasteiger charge is 2.21. The number of aromatic nitrogens is 3. The minimum Gasteiger partial charge on any atom is -0.480 e. The summed E-state index contributed by atoms with van der Waals surface area (Å²) in [5.74, 6) is 0.528. The SMILES string of the molecule is CCCc1nc(-c2ccc(OC)nn2)sc1CNC1CC1. The zero-order valence-electron chi connectivity index (χ0n) is 12.4. The first-order chi connectivity index (χ1) is 10.3. The maximum Gasteiger partial charge on any atom is 0.233 e. The highest BCUT2D eigenvalue weighted by molar-refractivity contribution is 7.15. The van der Waals surface area contributed by atoms with Crippen LogP contribution in [0.1, 0.15) is 36.8 Å². The van der Waals surface area contributed by atoms with Gasteiger partial charge in [-0.3, -0.25) is 0 Å². The standard InChI is InChI=1S/C15H20N4OS/c1-3-4-11-13(9-16-10-5-6-10)21-15(17-11)12-7-8-14(20-2)19-18-12/h7-8,10,16H,3-6,9H2,1-2H3. The van der Waals surface area contributed by atoms with Crippen molar-refractivity contribution in [1.82, 2.24) is 20.5 Å². The monoisotopic (exact) mass is 304 g/mol. The van der Waals surface area contributed by atoms with Crippen LogP contribution in [-0.4, -0.2) is 28.3 Å². The van der Waals surface area contributed by atoms with Crippen LogP contribution in [0, 0.1) is 0 Å². The quantitative estimate of drug-likeness (QED) is 0.852. The van der Waals surface area contributed by atoms with Crippen LogP contribution in [0.3, 0.4) is 0 Å². The van der Waals surface area contributed by atoms with E-state index in [1.165, 1.54) is 23.4 Å². The van der Waals surface area contributed by atoms with Gasteiger partial charge in [0.05, 0.1) is 12.8 Å². The number of nitrogens with one attached hydrogen (secondary N) is 1. The van der Waals surface area contributed by atoms with Gasteiger partial charge < -0.3 is 10.1 Å². The van der Waals surface area contributed by atoms with Crippen LogP contribution in [0.15, 0.2) is 12.1 Å². The molecule has 0 aromatic carbocycles. The first kappa shape index (κ1) is 14.4. The van der Waals surface area contributed by atoms with Gasteiger partial charge in [0.2, 0.25) is 5.88 Å². The first-order valence-corrected chi connectivity index (χ1v) is 8.22. The number of methoxy groups -OCH3 is 1. The van der Waals surface area contributed by atoms with Gasteiger partial charge in [0, 0.05) is 23.5 Å². The smallest absolute Gasteiger partial charge is 0.233 e. The van der Waals surface area contributed by atoms with Crippen molar-refractivity contribution in [3.63, 3.8) is 0 Å². The van der Waals surface area contributed by atoms with Crippen LogP contribution in [-0.2, 0) is 13.0 Å². The summed E-state index contributed by atoms with van der Waals surface area (Å²) < 4.78 is 5.04. The van der Waals surface area contributed by atoms with E-state index in [9.17, 15) is 0 Å². The van der Waals surface area contributed by atoms with E-state index in [4.69, 9.17) is 9.72 Å². The Balaban J connectivity index is 1.80. The van der Waals surface area contributed by atoms with Crippen LogP contribution < -0.4 is 10.1 Å². The molecule has 1 fully saturated rings. The molecule has 5 nitrogen and oxygen atoms in total. The predicted octanol–water partition coefficient (Wildman–Crippen LogP) is 2.81. The number of thiazole rings is 1. The molecule has 0 spiro atoms. The lowest BCUT2D eigenvalue weighted by molar-refractivity contribution is 0.392. The molecule has 3 rings (SSSR count). The Morgan fingerprint density at radius 3 is 2.81 bits per heavy atom. The average molecular weight is 304 g/mol. The Morgan fingerprint density at radius 1 is 1.33 bits per heavy atom. The third kappa shape index (κ3) is 3.57. The van der Waals surface area contributed by atoms with E-state index >= 15 is 0 Å². The summed E-state index contributed by atoms with van der Waals surface area (Å²) in [6.45, 7) is 3.10. The molecule has 6 heteroatoms. The predicted molar refractivity (Wildman–Crippen MR) is 83.5 cm³/mol. The number of rotatable bonds is 7. The summed E-state index contributed by atoms with van der Waals surface area (Å²) in [5, 5.41) is 12.7. The molecule has 0 atom stereocenters. The largest absolute Gasteiger partial charge is 0.480 e. The normalized spacial score (nSPS) is 14.4. The molecule has 21 heavy (non-hydrogen) atoms. The summed E-state index contributed by atoms with van der Waals surface area (Å²) >= 11 is 1.72. The fourth-order valence-corrected chi connectivity index (χ4v) is 3.15. The van der Waals surface area contributed by atoms with Crippen molar-refractivity contribution in [3.05, 3.63) is 22.7 Å². The topological polar surface area (TPSA) is 59.9 Å². The van der Waals surface area contributed by atoms with Gasteiger partial charge in [0.25, 0.3) is 0 Å². The van der Waals surface area contributed by atoms with Gasteiger partial charge in [-0.05, 0) is 25.3 Å². The number of hydrogen-bond donors (Lipinski definition) is 1. The van der Waals surface area contributed by atoms with Crippen molar-refractivity contribution in [2.45, 2.75) is 45.2 Å². The first-order valence-electron chi connectivity index (χ1n) is 7.40. The van der Waals surface area contributed by atoms with Gasteiger partial charge >= 0.3 is 0 Å². The van der Waals surface area contributed by atoms with Crippen molar-refractivity contribution < 1.29 is 4.74 Å². The van der Waals surface area contributed by atoms with Crippen LogP contribution in [0.25, 0.3) is 10.7 Å². The highest BCUT2D eigenvalue weighted by atomic mass is 32.1. The van der Waals surface area contributed by atoms with Crippen LogP contribution in [0.4, 0.5) is 0 Å².